The third-order valence-electron chi connectivity index (χ3n) is 3.34. The molecule has 1 saturated heterocycles. The number of aliphatic carboxylic acids is 1. The van der Waals surface area contributed by atoms with Gasteiger partial charge in [-0.3, -0.25) is 9.69 Å². The molecule has 3 atom stereocenters. The second-order valence-electron chi connectivity index (χ2n) is 3.84. The van der Waals surface area contributed by atoms with E-state index in [0.29, 0.717) is 12.0 Å². The summed E-state index contributed by atoms with van der Waals surface area (Å²) in [6.45, 7) is 2.94. The highest BCUT2D eigenvalue weighted by Crippen LogP contribution is 2.41. The summed E-state index contributed by atoms with van der Waals surface area (Å²) in [4.78, 5) is 13.1. The molecule has 3 nitrogen and oxygen atoms in total. The molecule has 1 aliphatic heterocycles. The summed E-state index contributed by atoms with van der Waals surface area (Å²) in [7, 11) is 0. The summed E-state index contributed by atoms with van der Waals surface area (Å²) in [5.74, 6) is -0.184. The van der Waals surface area contributed by atoms with E-state index in [-0.39, 0.29) is 6.04 Å². The average Bonchev–Trinajstić information content (AvgIpc) is 2.60. The van der Waals surface area contributed by atoms with Gasteiger partial charge in [0.05, 0.1) is 0 Å². The van der Waals surface area contributed by atoms with E-state index in [0.717, 1.165) is 19.4 Å². The molecule has 2 aliphatic rings. The lowest BCUT2D eigenvalue weighted by atomic mass is 9.99. The molecule has 0 radical (unpaired) electrons. The van der Waals surface area contributed by atoms with Crippen molar-refractivity contribution in [3.05, 3.63) is 0 Å². The van der Waals surface area contributed by atoms with E-state index < -0.39 is 5.97 Å². The minimum absolute atomic E-state index is 0.172. The van der Waals surface area contributed by atoms with Gasteiger partial charge >= 0.3 is 5.97 Å². The molecule has 1 saturated carbocycles. The monoisotopic (exact) mass is 169 g/mol. The Morgan fingerprint density at radius 2 is 2.33 bits per heavy atom. The van der Waals surface area contributed by atoms with Crippen LogP contribution in [0.25, 0.3) is 0 Å². The van der Waals surface area contributed by atoms with Gasteiger partial charge in [-0.25, -0.2) is 0 Å². The minimum atomic E-state index is -0.621. The van der Waals surface area contributed by atoms with Crippen molar-refractivity contribution in [2.45, 2.75) is 38.3 Å². The van der Waals surface area contributed by atoms with Gasteiger partial charge in [0.1, 0.15) is 6.04 Å². The number of likely N-dealkylation sites (N-methyl/N-ethyl adjacent to an activating group) is 1. The van der Waals surface area contributed by atoms with Crippen LogP contribution in [-0.4, -0.2) is 34.6 Å². The maximum Gasteiger partial charge on any atom is 0.321 e. The van der Waals surface area contributed by atoms with Crippen LogP contribution < -0.4 is 0 Å². The molecule has 0 aromatic rings. The summed E-state index contributed by atoms with van der Waals surface area (Å²) in [6, 6.07) is 0.398. The number of hydrogen-bond acceptors (Lipinski definition) is 2. The fraction of sp³-hybridized carbons (Fsp3) is 0.889. The number of carboxylic acid groups (broad SMARTS) is 1. The standard InChI is InChI=1S/C9H15NO2/c1-2-10-7-4-3-6(5-7)8(10)9(11)12/h6-8H,2-5H2,1H3,(H,11,12). The van der Waals surface area contributed by atoms with Crippen LogP contribution in [0, 0.1) is 5.92 Å². The molecule has 3 unspecified atom stereocenters. The van der Waals surface area contributed by atoms with Gasteiger partial charge < -0.3 is 5.11 Å². The lowest BCUT2D eigenvalue weighted by Crippen LogP contribution is -2.45. The van der Waals surface area contributed by atoms with Crippen molar-refractivity contribution in [1.29, 1.82) is 0 Å². The average molecular weight is 169 g/mol. The molecular formula is C9H15NO2. The first kappa shape index (κ1) is 8.05. The van der Waals surface area contributed by atoms with Crippen molar-refractivity contribution >= 4 is 5.97 Å². The fourth-order valence-corrected chi connectivity index (χ4v) is 2.88. The van der Waals surface area contributed by atoms with E-state index in [1.165, 1.54) is 6.42 Å². The van der Waals surface area contributed by atoms with E-state index in [2.05, 4.69) is 11.8 Å². The van der Waals surface area contributed by atoms with Crippen LogP contribution in [0.4, 0.5) is 0 Å². The van der Waals surface area contributed by atoms with E-state index in [9.17, 15) is 4.79 Å². The van der Waals surface area contributed by atoms with Crippen molar-refractivity contribution in [3.8, 4) is 0 Å². The number of piperidine rings is 1. The fourth-order valence-electron chi connectivity index (χ4n) is 2.88. The molecule has 2 bridgehead atoms. The van der Waals surface area contributed by atoms with Crippen molar-refractivity contribution in [3.63, 3.8) is 0 Å². The van der Waals surface area contributed by atoms with Gasteiger partial charge in [-0.15, -0.1) is 0 Å². The van der Waals surface area contributed by atoms with Crippen molar-refractivity contribution in [1.82, 2.24) is 4.90 Å². The number of likely N-dealkylation sites (tertiary alicyclic amines) is 1. The van der Waals surface area contributed by atoms with Crippen LogP contribution in [0.5, 0.6) is 0 Å². The Balaban J connectivity index is 2.16. The van der Waals surface area contributed by atoms with Gasteiger partial charge in [-0.05, 0) is 31.7 Å². The smallest absolute Gasteiger partial charge is 0.321 e. The number of nitrogens with zero attached hydrogens (tertiary/aromatic N) is 1. The predicted molar refractivity (Wildman–Crippen MR) is 44.9 cm³/mol. The zero-order valence-corrected chi connectivity index (χ0v) is 7.36. The molecule has 1 N–H and O–H groups in total. The highest BCUT2D eigenvalue weighted by molar-refractivity contribution is 5.74. The SMILES string of the molecule is CCN1C2CCC(C2)C1C(=O)O. The molecule has 1 aliphatic carbocycles. The predicted octanol–water partition coefficient (Wildman–Crippen LogP) is 0.944. The van der Waals surface area contributed by atoms with Crippen molar-refractivity contribution < 1.29 is 9.90 Å². The normalized spacial score (nSPS) is 40.6. The van der Waals surface area contributed by atoms with E-state index in [1.54, 1.807) is 0 Å². The highest BCUT2D eigenvalue weighted by atomic mass is 16.4. The molecule has 0 aromatic carbocycles. The second-order valence-corrected chi connectivity index (χ2v) is 3.84. The number of rotatable bonds is 2. The Kier molecular flexibility index (Phi) is 1.83. The van der Waals surface area contributed by atoms with E-state index in [1.807, 2.05) is 0 Å². The van der Waals surface area contributed by atoms with Gasteiger partial charge in [-0.1, -0.05) is 6.92 Å². The van der Waals surface area contributed by atoms with Gasteiger partial charge in [0, 0.05) is 6.04 Å². The molecule has 68 valence electrons. The maximum atomic E-state index is 10.9. The van der Waals surface area contributed by atoms with Crippen molar-refractivity contribution in [2.75, 3.05) is 6.54 Å². The second kappa shape index (κ2) is 2.73. The lowest BCUT2D eigenvalue weighted by Gasteiger charge is -2.31. The van der Waals surface area contributed by atoms with E-state index >= 15 is 0 Å². The van der Waals surface area contributed by atoms with Gasteiger partial charge in [0.2, 0.25) is 0 Å². The molecular weight excluding hydrogens is 154 g/mol. The number of carboxylic acids is 1. The van der Waals surface area contributed by atoms with Crippen LogP contribution in [0.3, 0.4) is 0 Å². The Morgan fingerprint density at radius 1 is 1.58 bits per heavy atom. The first-order chi connectivity index (χ1) is 5.74. The quantitative estimate of drug-likeness (QED) is 0.669. The third-order valence-corrected chi connectivity index (χ3v) is 3.34. The van der Waals surface area contributed by atoms with Crippen LogP contribution in [0.1, 0.15) is 26.2 Å². The van der Waals surface area contributed by atoms with Crippen LogP contribution in [-0.2, 0) is 4.79 Å². The Labute approximate surface area is 72.4 Å². The molecule has 0 aromatic heterocycles. The van der Waals surface area contributed by atoms with E-state index in [4.69, 9.17) is 5.11 Å². The Bertz CT molecular complexity index is 205. The largest absolute Gasteiger partial charge is 0.480 e. The summed E-state index contributed by atoms with van der Waals surface area (Å²) in [5.41, 5.74) is 0. The van der Waals surface area contributed by atoms with Crippen LogP contribution in [0.2, 0.25) is 0 Å². The first-order valence-electron chi connectivity index (χ1n) is 4.72. The summed E-state index contributed by atoms with van der Waals surface area (Å²) < 4.78 is 0. The lowest BCUT2D eigenvalue weighted by molar-refractivity contribution is -0.144. The molecule has 0 spiro atoms. The molecule has 12 heavy (non-hydrogen) atoms. The van der Waals surface area contributed by atoms with Crippen LogP contribution >= 0.6 is 0 Å². The van der Waals surface area contributed by atoms with Crippen molar-refractivity contribution in [2.24, 2.45) is 5.92 Å². The first-order valence-corrected chi connectivity index (χ1v) is 4.72. The number of carbonyl (C=O) groups is 1. The molecule has 3 heteroatoms. The number of fused-ring (bicyclic) bond motifs is 2. The molecule has 2 rings (SSSR count). The third kappa shape index (κ3) is 0.959. The Morgan fingerprint density at radius 3 is 2.83 bits per heavy atom. The molecule has 0 amide bonds. The molecule has 1 heterocycles. The zero-order chi connectivity index (χ0) is 8.72. The molecule has 2 fully saturated rings. The highest BCUT2D eigenvalue weighted by Gasteiger charge is 2.48. The topological polar surface area (TPSA) is 40.5 Å². The zero-order valence-electron chi connectivity index (χ0n) is 7.36. The maximum absolute atomic E-state index is 10.9. The number of hydrogen-bond donors (Lipinski definition) is 1. The minimum Gasteiger partial charge on any atom is -0.480 e. The van der Waals surface area contributed by atoms with Gasteiger partial charge in [0.25, 0.3) is 0 Å². The summed E-state index contributed by atoms with van der Waals surface area (Å²) in [5, 5.41) is 9.00. The summed E-state index contributed by atoms with van der Waals surface area (Å²) in [6.07, 6.45) is 3.45. The van der Waals surface area contributed by atoms with Gasteiger partial charge in [0.15, 0.2) is 0 Å². The summed E-state index contributed by atoms with van der Waals surface area (Å²) >= 11 is 0. The van der Waals surface area contributed by atoms with Gasteiger partial charge in [-0.2, -0.15) is 0 Å². The van der Waals surface area contributed by atoms with Crippen LogP contribution in [0.15, 0.2) is 0 Å². The Hall–Kier alpha value is -0.570.